The molecule has 0 aliphatic carbocycles. The highest BCUT2D eigenvalue weighted by Gasteiger charge is 2.22. The molecule has 0 bridgehead atoms. The highest BCUT2D eigenvalue weighted by atomic mass is 16.5. The molecule has 1 atom stereocenters. The molecule has 0 aliphatic heterocycles. The first-order chi connectivity index (χ1) is 9.84. The summed E-state index contributed by atoms with van der Waals surface area (Å²) in [7, 11) is 1.65. The van der Waals surface area contributed by atoms with E-state index in [0.29, 0.717) is 6.54 Å². The summed E-state index contributed by atoms with van der Waals surface area (Å²) in [5, 5.41) is 14.6. The van der Waals surface area contributed by atoms with E-state index in [1.807, 2.05) is 52.1 Å². The van der Waals surface area contributed by atoms with Crippen molar-refractivity contribution in [3.8, 4) is 5.75 Å². The number of aryl methyl sites for hydroxylation is 1. The third-order valence-corrected chi connectivity index (χ3v) is 3.74. The number of anilines is 1. The highest BCUT2D eigenvalue weighted by Crippen LogP contribution is 2.31. The molecule has 0 saturated carbocycles. The van der Waals surface area contributed by atoms with Gasteiger partial charge in [-0.25, -0.2) is 0 Å². The second-order valence-corrected chi connectivity index (χ2v) is 6.44. The van der Waals surface area contributed by atoms with Crippen LogP contribution in [0.15, 0.2) is 24.4 Å². The topological polar surface area (TPSA) is 54.4 Å². The maximum atomic E-state index is 10.2. The molecule has 21 heavy (non-hydrogen) atoms. The van der Waals surface area contributed by atoms with Crippen molar-refractivity contribution in [2.45, 2.75) is 33.8 Å². The number of rotatable bonds is 4. The molecule has 0 aliphatic rings. The van der Waals surface area contributed by atoms with Crippen molar-refractivity contribution in [2.24, 2.45) is 5.41 Å². The molecule has 114 valence electrons. The molecule has 4 heteroatoms. The van der Waals surface area contributed by atoms with Crippen LogP contribution in [0, 0.1) is 12.3 Å². The second-order valence-electron chi connectivity index (χ2n) is 6.44. The van der Waals surface area contributed by atoms with Crippen molar-refractivity contribution in [1.82, 2.24) is 4.98 Å². The Morgan fingerprint density at radius 1 is 1.33 bits per heavy atom. The van der Waals surface area contributed by atoms with Crippen molar-refractivity contribution >= 4 is 16.6 Å². The fourth-order valence-corrected chi connectivity index (χ4v) is 2.20. The van der Waals surface area contributed by atoms with Gasteiger partial charge in [-0.05, 0) is 24.0 Å². The lowest BCUT2D eigenvalue weighted by molar-refractivity contribution is 0.0746. The average molecular weight is 288 g/mol. The van der Waals surface area contributed by atoms with Gasteiger partial charge in [-0.1, -0.05) is 32.9 Å². The number of para-hydroxylation sites is 1. The molecule has 2 N–H and O–H groups in total. The first-order valence-corrected chi connectivity index (χ1v) is 7.19. The fourth-order valence-electron chi connectivity index (χ4n) is 2.20. The molecule has 0 spiro atoms. The number of hydrogen-bond donors (Lipinski definition) is 2. The predicted octanol–water partition coefficient (Wildman–Crippen LogP) is 3.37. The average Bonchev–Trinajstić information content (AvgIpc) is 2.44. The van der Waals surface area contributed by atoms with Crippen LogP contribution in [-0.2, 0) is 0 Å². The van der Waals surface area contributed by atoms with Crippen molar-refractivity contribution in [3.63, 3.8) is 0 Å². The minimum Gasteiger partial charge on any atom is -0.494 e. The molecule has 1 aromatic heterocycles. The molecule has 2 rings (SSSR count). The largest absolute Gasteiger partial charge is 0.494 e. The zero-order chi connectivity index (χ0) is 15.6. The summed E-state index contributed by atoms with van der Waals surface area (Å²) in [6.45, 7) is 8.60. The van der Waals surface area contributed by atoms with Crippen LogP contribution < -0.4 is 10.1 Å². The third kappa shape index (κ3) is 3.27. The molecular weight excluding hydrogens is 264 g/mol. The van der Waals surface area contributed by atoms with Crippen LogP contribution in [-0.4, -0.2) is 29.8 Å². The molecule has 0 amide bonds. The summed E-state index contributed by atoms with van der Waals surface area (Å²) in [5.74, 6) is 0.756. The molecule has 0 saturated heterocycles. The van der Waals surface area contributed by atoms with Crippen LogP contribution in [0.3, 0.4) is 0 Å². The number of hydrogen-bond acceptors (Lipinski definition) is 4. The van der Waals surface area contributed by atoms with E-state index < -0.39 is 6.10 Å². The number of aliphatic hydroxyl groups excluding tert-OH is 1. The van der Waals surface area contributed by atoms with E-state index in [1.54, 1.807) is 7.11 Å². The normalized spacial score (nSPS) is 13.2. The van der Waals surface area contributed by atoms with E-state index in [9.17, 15) is 5.11 Å². The lowest BCUT2D eigenvalue weighted by Crippen LogP contribution is -2.33. The van der Waals surface area contributed by atoms with Gasteiger partial charge in [0.05, 0.1) is 13.2 Å². The lowest BCUT2D eigenvalue weighted by Gasteiger charge is -2.27. The Labute approximate surface area is 126 Å². The van der Waals surface area contributed by atoms with E-state index >= 15 is 0 Å². The maximum absolute atomic E-state index is 10.2. The van der Waals surface area contributed by atoms with Gasteiger partial charge in [-0.2, -0.15) is 0 Å². The Balaban J connectivity index is 2.37. The molecule has 2 aromatic rings. The molecule has 4 nitrogen and oxygen atoms in total. The lowest BCUT2D eigenvalue weighted by atomic mass is 9.89. The summed E-state index contributed by atoms with van der Waals surface area (Å²) in [6.07, 6.45) is 1.40. The summed E-state index contributed by atoms with van der Waals surface area (Å²) >= 11 is 0. The Morgan fingerprint density at radius 2 is 2.05 bits per heavy atom. The van der Waals surface area contributed by atoms with E-state index in [1.165, 1.54) is 0 Å². The van der Waals surface area contributed by atoms with Gasteiger partial charge >= 0.3 is 0 Å². The van der Waals surface area contributed by atoms with Gasteiger partial charge in [-0.15, -0.1) is 0 Å². The first kappa shape index (κ1) is 15.6. The molecular formula is C17H24N2O2. The predicted molar refractivity (Wildman–Crippen MR) is 87.0 cm³/mol. The summed E-state index contributed by atoms with van der Waals surface area (Å²) in [5.41, 5.74) is 2.74. The van der Waals surface area contributed by atoms with Gasteiger partial charge in [0.2, 0.25) is 0 Å². The van der Waals surface area contributed by atoms with Gasteiger partial charge in [0.25, 0.3) is 0 Å². The second kappa shape index (κ2) is 5.90. The van der Waals surface area contributed by atoms with Gasteiger partial charge in [0.15, 0.2) is 0 Å². The summed E-state index contributed by atoms with van der Waals surface area (Å²) in [4.78, 5) is 4.46. The zero-order valence-electron chi connectivity index (χ0n) is 13.4. The summed E-state index contributed by atoms with van der Waals surface area (Å²) in [6, 6.07) is 5.87. The molecule has 0 fully saturated rings. The maximum Gasteiger partial charge on any atom is 0.145 e. The Hall–Kier alpha value is -1.81. The van der Waals surface area contributed by atoms with Gasteiger partial charge in [-0.3, -0.25) is 4.98 Å². The number of nitrogens with one attached hydrogen (secondary N) is 1. The molecule has 1 aromatic carbocycles. The number of ether oxygens (including phenoxy) is 1. The summed E-state index contributed by atoms with van der Waals surface area (Å²) < 4.78 is 5.36. The van der Waals surface area contributed by atoms with Crippen LogP contribution in [0.2, 0.25) is 0 Å². The zero-order valence-corrected chi connectivity index (χ0v) is 13.4. The Kier molecular flexibility index (Phi) is 4.37. The highest BCUT2D eigenvalue weighted by molar-refractivity contribution is 5.96. The van der Waals surface area contributed by atoms with E-state index in [4.69, 9.17) is 4.74 Å². The number of nitrogens with zero attached hydrogens (tertiary/aromatic N) is 1. The SMILES string of the molecule is COc1cccc2c(NCC(O)C(C)(C)C)c(C)cnc12. The number of benzene rings is 1. The van der Waals surface area contributed by atoms with Crippen molar-refractivity contribution in [3.05, 3.63) is 30.0 Å². The van der Waals surface area contributed by atoms with Gasteiger partial charge in [0.1, 0.15) is 11.3 Å². The number of fused-ring (bicyclic) bond motifs is 1. The smallest absolute Gasteiger partial charge is 0.145 e. The monoisotopic (exact) mass is 288 g/mol. The Bertz CT molecular complexity index is 632. The minimum atomic E-state index is -0.425. The van der Waals surface area contributed by atoms with E-state index in [2.05, 4.69) is 10.3 Å². The van der Waals surface area contributed by atoms with Crippen molar-refractivity contribution < 1.29 is 9.84 Å². The number of aromatic nitrogens is 1. The van der Waals surface area contributed by atoms with Crippen LogP contribution in [0.25, 0.3) is 10.9 Å². The quantitative estimate of drug-likeness (QED) is 0.905. The van der Waals surface area contributed by atoms with Crippen LogP contribution in [0.4, 0.5) is 5.69 Å². The fraction of sp³-hybridized carbons (Fsp3) is 0.471. The molecule has 0 radical (unpaired) electrons. The van der Waals surface area contributed by atoms with Crippen LogP contribution in [0.1, 0.15) is 26.3 Å². The number of pyridine rings is 1. The minimum absolute atomic E-state index is 0.151. The van der Waals surface area contributed by atoms with E-state index in [0.717, 1.165) is 27.9 Å². The molecule has 1 unspecified atom stereocenters. The Morgan fingerprint density at radius 3 is 2.67 bits per heavy atom. The van der Waals surface area contributed by atoms with Crippen molar-refractivity contribution in [1.29, 1.82) is 0 Å². The van der Waals surface area contributed by atoms with Gasteiger partial charge in [0, 0.05) is 23.8 Å². The molecule has 1 heterocycles. The van der Waals surface area contributed by atoms with Gasteiger partial charge < -0.3 is 15.2 Å². The number of aliphatic hydroxyl groups is 1. The number of methoxy groups -OCH3 is 1. The van der Waals surface area contributed by atoms with Crippen molar-refractivity contribution in [2.75, 3.05) is 19.0 Å². The first-order valence-electron chi connectivity index (χ1n) is 7.19. The third-order valence-electron chi connectivity index (χ3n) is 3.74. The van der Waals surface area contributed by atoms with Crippen LogP contribution >= 0.6 is 0 Å². The standard InChI is InChI=1S/C17H24N2O2/c1-11-9-18-16-12(7-6-8-13(16)21-5)15(11)19-10-14(20)17(2,3)4/h6-9,14,20H,10H2,1-5H3,(H,18,19). The van der Waals surface area contributed by atoms with E-state index in [-0.39, 0.29) is 5.41 Å². The van der Waals surface area contributed by atoms with Crippen LogP contribution in [0.5, 0.6) is 5.75 Å².